The van der Waals surface area contributed by atoms with Gasteiger partial charge in [0, 0.05) is 12.1 Å². The van der Waals surface area contributed by atoms with Gasteiger partial charge >= 0.3 is 0 Å². The number of rotatable bonds is 8. The number of nitrogens with zero attached hydrogens (tertiary/aromatic N) is 1. The van der Waals surface area contributed by atoms with Gasteiger partial charge in [-0.2, -0.15) is 0 Å². The van der Waals surface area contributed by atoms with Gasteiger partial charge in [0.25, 0.3) is 0 Å². The van der Waals surface area contributed by atoms with Crippen LogP contribution >= 0.6 is 24.8 Å². The number of benzene rings is 2. The summed E-state index contributed by atoms with van der Waals surface area (Å²) in [5, 5.41) is 10.3. The average Bonchev–Trinajstić information content (AvgIpc) is 2.68. The normalized spacial score (nSPS) is 15.2. The fraction of sp³-hybridized carbons (Fsp3) is 0.455. The number of halogens is 2. The Labute approximate surface area is 180 Å². The van der Waals surface area contributed by atoms with E-state index in [9.17, 15) is 5.11 Å². The molecule has 2 aromatic carbocycles. The predicted molar refractivity (Wildman–Crippen MR) is 121 cm³/mol. The Hall–Kier alpha value is -1.30. The summed E-state index contributed by atoms with van der Waals surface area (Å²) in [6.07, 6.45) is 4.20. The number of likely N-dealkylation sites (tertiary alicyclic amines) is 1. The lowest BCUT2D eigenvalue weighted by Gasteiger charge is -2.28. The summed E-state index contributed by atoms with van der Waals surface area (Å²) in [4.78, 5) is 2.33. The van der Waals surface area contributed by atoms with Crippen molar-refractivity contribution < 1.29 is 9.84 Å². The first-order chi connectivity index (χ1) is 12.8. The quantitative estimate of drug-likeness (QED) is 0.671. The van der Waals surface area contributed by atoms with Crippen LogP contribution in [0.25, 0.3) is 11.1 Å². The van der Waals surface area contributed by atoms with E-state index in [0.29, 0.717) is 19.7 Å². The van der Waals surface area contributed by atoms with Crippen molar-refractivity contribution in [1.29, 1.82) is 0 Å². The molecule has 1 atom stereocenters. The second-order valence-corrected chi connectivity index (χ2v) is 7.06. The van der Waals surface area contributed by atoms with Crippen molar-refractivity contribution in [3.8, 4) is 16.9 Å². The second-order valence-electron chi connectivity index (χ2n) is 7.06. The largest absolute Gasteiger partial charge is 0.490 e. The Morgan fingerprint density at radius 2 is 1.64 bits per heavy atom. The Bertz CT molecular complexity index is 676. The van der Waals surface area contributed by atoms with E-state index in [2.05, 4.69) is 35.2 Å². The first-order valence-electron chi connectivity index (χ1n) is 9.68. The Morgan fingerprint density at radius 1 is 0.964 bits per heavy atom. The van der Waals surface area contributed by atoms with Gasteiger partial charge in [-0.3, -0.25) is 0 Å². The van der Waals surface area contributed by atoms with Crippen LogP contribution in [0, 0.1) is 0 Å². The smallest absolute Gasteiger partial charge is 0.127 e. The minimum atomic E-state index is -0.465. The van der Waals surface area contributed by atoms with E-state index in [4.69, 9.17) is 10.5 Å². The minimum absolute atomic E-state index is 0. The molecule has 1 fully saturated rings. The standard InChI is InChI=1S/C22H30N2O2.2ClH/c23-13-12-18-8-10-19(11-9-18)21-6-2-3-7-22(21)26-17-20(25)16-24-14-4-1-5-15-24;;/h2-3,6-11,20,25H,1,4-5,12-17,23H2;2*1H. The molecule has 2 aromatic rings. The number of piperidine rings is 1. The monoisotopic (exact) mass is 426 g/mol. The van der Waals surface area contributed by atoms with Crippen LogP contribution in [0.1, 0.15) is 24.8 Å². The molecule has 3 rings (SSSR count). The Kier molecular flexibility index (Phi) is 11.5. The molecule has 1 aliphatic rings. The zero-order chi connectivity index (χ0) is 18.2. The maximum Gasteiger partial charge on any atom is 0.127 e. The van der Waals surface area contributed by atoms with E-state index in [-0.39, 0.29) is 24.8 Å². The van der Waals surface area contributed by atoms with Gasteiger partial charge in [-0.25, -0.2) is 0 Å². The number of para-hydroxylation sites is 1. The van der Waals surface area contributed by atoms with Gasteiger partial charge in [-0.05, 0) is 56.1 Å². The SMILES string of the molecule is Cl.Cl.NCCc1ccc(-c2ccccc2OCC(O)CN2CCCCC2)cc1. The highest BCUT2D eigenvalue weighted by molar-refractivity contribution is 5.85. The maximum absolute atomic E-state index is 10.3. The van der Waals surface area contributed by atoms with Gasteiger partial charge < -0.3 is 20.5 Å². The van der Waals surface area contributed by atoms with Crippen molar-refractivity contribution in [2.24, 2.45) is 5.73 Å². The summed E-state index contributed by atoms with van der Waals surface area (Å²) in [7, 11) is 0. The van der Waals surface area contributed by atoms with E-state index in [1.807, 2.05) is 18.2 Å². The summed E-state index contributed by atoms with van der Waals surface area (Å²) in [5.74, 6) is 0.816. The first-order valence-corrected chi connectivity index (χ1v) is 9.68. The van der Waals surface area contributed by atoms with Crippen LogP contribution in [0.3, 0.4) is 0 Å². The number of aliphatic hydroxyl groups excluding tert-OH is 1. The minimum Gasteiger partial charge on any atom is -0.490 e. The van der Waals surface area contributed by atoms with Crippen LogP contribution in [0.15, 0.2) is 48.5 Å². The van der Waals surface area contributed by atoms with Crippen LogP contribution in [0.2, 0.25) is 0 Å². The van der Waals surface area contributed by atoms with Gasteiger partial charge in [-0.1, -0.05) is 48.9 Å². The van der Waals surface area contributed by atoms with Crippen molar-refractivity contribution in [2.75, 3.05) is 32.8 Å². The maximum atomic E-state index is 10.3. The number of hydrogen-bond acceptors (Lipinski definition) is 4. The van der Waals surface area contributed by atoms with Crippen molar-refractivity contribution in [3.05, 3.63) is 54.1 Å². The van der Waals surface area contributed by atoms with Gasteiger partial charge in [0.2, 0.25) is 0 Å². The molecular weight excluding hydrogens is 395 g/mol. The molecule has 156 valence electrons. The molecule has 0 aromatic heterocycles. The highest BCUT2D eigenvalue weighted by atomic mass is 35.5. The molecule has 1 unspecified atom stereocenters. The molecule has 6 heteroatoms. The molecular formula is C22H32Cl2N2O2. The van der Waals surface area contributed by atoms with Gasteiger partial charge in [0.05, 0.1) is 0 Å². The third-order valence-corrected chi connectivity index (χ3v) is 4.93. The Balaban J connectivity index is 0.00000196. The second kappa shape index (κ2) is 13.0. The predicted octanol–water partition coefficient (Wildman–Crippen LogP) is 3.92. The molecule has 1 aliphatic heterocycles. The van der Waals surface area contributed by atoms with Crippen LogP contribution < -0.4 is 10.5 Å². The number of hydrogen-bond donors (Lipinski definition) is 2. The zero-order valence-electron chi connectivity index (χ0n) is 16.3. The lowest BCUT2D eigenvalue weighted by Crippen LogP contribution is -2.38. The van der Waals surface area contributed by atoms with Gasteiger partial charge in [-0.15, -0.1) is 24.8 Å². The molecule has 1 saturated heterocycles. The van der Waals surface area contributed by atoms with Crippen LogP contribution in [0.5, 0.6) is 5.75 Å². The van der Waals surface area contributed by atoms with Crippen molar-refractivity contribution in [3.63, 3.8) is 0 Å². The number of ether oxygens (including phenoxy) is 1. The number of aliphatic hydroxyl groups is 1. The fourth-order valence-corrected chi connectivity index (χ4v) is 3.53. The summed E-state index contributed by atoms with van der Waals surface area (Å²) < 4.78 is 5.98. The first kappa shape index (κ1) is 24.7. The van der Waals surface area contributed by atoms with Crippen LogP contribution in [-0.2, 0) is 6.42 Å². The lowest BCUT2D eigenvalue weighted by molar-refractivity contribution is 0.0619. The average molecular weight is 427 g/mol. The molecule has 28 heavy (non-hydrogen) atoms. The highest BCUT2D eigenvalue weighted by Crippen LogP contribution is 2.30. The van der Waals surface area contributed by atoms with Crippen molar-refractivity contribution in [1.82, 2.24) is 4.90 Å². The summed E-state index contributed by atoms with van der Waals surface area (Å²) in [5.41, 5.74) is 9.03. The van der Waals surface area contributed by atoms with Crippen molar-refractivity contribution >= 4 is 24.8 Å². The van der Waals surface area contributed by atoms with Gasteiger partial charge in [0.1, 0.15) is 18.5 Å². The Morgan fingerprint density at radius 3 is 2.32 bits per heavy atom. The highest BCUT2D eigenvalue weighted by Gasteiger charge is 2.15. The third kappa shape index (κ3) is 7.26. The van der Waals surface area contributed by atoms with Crippen molar-refractivity contribution in [2.45, 2.75) is 31.8 Å². The summed E-state index contributed by atoms with van der Waals surface area (Å²) in [6, 6.07) is 16.5. The summed E-state index contributed by atoms with van der Waals surface area (Å²) in [6.45, 7) is 3.84. The molecule has 3 N–H and O–H groups in total. The molecule has 0 spiro atoms. The van der Waals surface area contributed by atoms with E-state index < -0.39 is 6.10 Å². The van der Waals surface area contributed by atoms with E-state index in [0.717, 1.165) is 36.4 Å². The molecule has 0 bridgehead atoms. The van der Waals surface area contributed by atoms with E-state index in [1.165, 1.54) is 24.8 Å². The molecule has 0 radical (unpaired) electrons. The number of nitrogens with two attached hydrogens (primary N) is 1. The fourth-order valence-electron chi connectivity index (χ4n) is 3.53. The number of β-amino-alcohol motifs (C(OH)–C–C–N with tert-alkyl or cyclic N) is 1. The topological polar surface area (TPSA) is 58.7 Å². The lowest BCUT2D eigenvalue weighted by atomic mass is 10.0. The molecule has 1 heterocycles. The molecule has 0 aliphatic carbocycles. The molecule has 0 amide bonds. The van der Waals surface area contributed by atoms with E-state index in [1.54, 1.807) is 0 Å². The molecule has 0 saturated carbocycles. The van der Waals surface area contributed by atoms with Crippen LogP contribution in [-0.4, -0.2) is 48.9 Å². The van der Waals surface area contributed by atoms with Gasteiger partial charge in [0.15, 0.2) is 0 Å². The third-order valence-electron chi connectivity index (χ3n) is 4.93. The summed E-state index contributed by atoms with van der Waals surface area (Å²) >= 11 is 0. The van der Waals surface area contributed by atoms with E-state index >= 15 is 0 Å². The molecule has 4 nitrogen and oxygen atoms in total. The zero-order valence-corrected chi connectivity index (χ0v) is 17.9. The van der Waals surface area contributed by atoms with Crippen LogP contribution in [0.4, 0.5) is 0 Å².